The van der Waals surface area contributed by atoms with Crippen LogP contribution in [-0.4, -0.2) is 32.6 Å². The SMILES string of the molecule is CC(CO)N[C@H]1N=C(Cl)Nc2c1ncn2-c1ccccc1. The molecule has 0 saturated carbocycles. The second-order valence-corrected chi connectivity index (χ2v) is 5.24. The van der Waals surface area contributed by atoms with Crippen molar-refractivity contribution < 1.29 is 5.11 Å². The third-order valence-corrected chi connectivity index (χ3v) is 3.46. The van der Waals surface area contributed by atoms with Crippen molar-refractivity contribution in [3.05, 3.63) is 42.4 Å². The Bertz CT molecular complexity index is 655. The van der Waals surface area contributed by atoms with Crippen molar-refractivity contribution in [2.75, 3.05) is 11.9 Å². The van der Waals surface area contributed by atoms with E-state index in [4.69, 9.17) is 11.6 Å². The van der Waals surface area contributed by atoms with Crippen LogP contribution in [-0.2, 0) is 0 Å². The number of nitrogens with one attached hydrogen (secondary N) is 2. The molecule has 0 fully saturated rings. The number of aliphatic imine (C=N–C) groups is 1. The van der Waals surface area contributed by atoms with Crippen LogP contribution < -0.4 is 10.6 Å². The highest BCUT2D eigenvalue weighted by Gasteiger charge is 2.26. The molecule has 1 unspecified atom stereocenters. The fourth-order valence-electron chi connectivity index (χ4n) is 2.21. The zero-order valence-electron chi connectivity index (χ0n) is 11.5. The molecule has 1 aromatic heterocycles. The number of fused-ring (bicyclic) bond motifs is 1. The van der Waals surface area contributed by atoms with Crippen LogP contribution in [0.2, 0.25) is 0 Å². The van der Waals surface area contributed by atoms with Crippen molar-refractivity contribution in [1.29, 1.82) is 0 Å². The Balaban J connectivity index is 1.98. The number of hydrogen-bond donors (Lipinski definition) is 3. The first kappa shape index (κ1) is 14.1. The average Bonchev–Trinajstić information content (AvgIpc) is 2.91. The molecular formula is C14H16ClN5O. The number of nitrogens with zero attached hydrogens (tertiary/aromatic N) is 3. The molecule has 2 aromatic rings. The molecule has 3 N–H and O–H groups in total. The topological polar surface area (TPSA) is 74.5 Å². The van der Waals surface area contributed by atoms with E-state index in [1.165, 1.54) is 0 Å². The maximum absolute atomic E-state index is 9.18. The van der Waals surface area contributed by atoms with E-state index in [-0.39, 0.29) is 18.8 Å². The number of amidine groups is 1. The molecule has 0 aliphatic carbocycles. The van der Waals surface area contributed by atoms with E-state index in [1.54, 1.807) is 6.33 Å². The fourth-order valence-corrected chi connectivity index (χ4v) is 2.40. The first-order valence-electron chi connectivity index (χ1n) is 6.69. The first-order chi connectivity index (χ1) is 10.2. The number of rotatable bonds is 4. The van der Waals surface area contributed by atoms with Gasteiger partial charge >= 0.3 is 0 Å². The summed E-state index contributed by atoms with van der Waals surface area (Å²) in [5.74, 6) is 0.781. The largest absolute Gasteiger partial charge is 0.395 e. The molecular weight excluding hydrogens is 290 g/mol. The van der Waals surface area contributed by atoms with Crippen LogP contribution in [0.25, 0.3) is 5.69 Å². The van der Waals surface area contributed by atoms with Gasteiger partial charge in [-0.1, -0.05) is 18.2 Å². The molecule has 0 saturated heterocycles. The van der Waals surface area contributed by atoms with Crippen LogP contribution in [0.4, 0.5) is 5.82 Å². The molecule has 0 radical (unpaired) electrons. The van der Waals surface area contributed by atoms with Crippen LogP contribution in [0.1, 0.15) is 18.8 Å². The van der Waals surface area contributed by atoms with Crippen molar-refractivity contribution >= 4 is 22.7 Å². The summed E-state index contributed by atoms with van der Waals surface area (Å²) in [6.45, 7) is 1.89. The number of benzene rings is 1. The van der Waals surface area contributed by atoms with E-state index in [2.05, 4.69) is 20.6 Å². The number of aliphatic hydroxyl groups is 1. The van der Waals surface area contributed by atoms with Crippen LogP contribution in [0.15, 0.2) is 41.7 Å². The lowest BCUT2D eigenvalue weighted by Crippen LogP contribution is -2.35. The molecule has 1 aromatic carbocycles. The number of para-hydroxylation sites is 1. The highest BCUT2D eigenvalue weighted by Crippen LogP contribution is 2.30. The molecule has 21 heavy (non-hydrogen) atoms. The summed E-state index contributed by atoms with van der Waals surface area (Å²) in [6.07, 6.45) is 1.36. The lowest BCUT2D eigenvalue weighted by Gasteiger charge is -2.23. The maximum atomic E-state index is 9.18. The van der Waals surface area contributed by atoms with Gasteiger partial charge in [-0.3, -0.25) is 9.88 Å². The Kier molecular flexibility index (Phi) is 3.92. The van der Waals surface area contributed by atoms with Gasteiger partial charge in [0.2, 0.25) is 0 Å². The van der Waals surface area contributed by atoms with Crippen LogP contribution in [0.5, 0.6) is 0 Å². The molecule has 1 aliphatic heterocycles. The summed E-state index contributed by atoms with van der Waals surface area (Å²) >= 11 is 6.08. The number of anilines is 1. The number of halogens is 1. The summed E-state index contributed by atoms with van der Waals surface area (Å²) < 4.78 is 1.92. The standard InChI is InChI=1S/C14H16ClN5O/c1-9(7-21)17-12-11-13(19-14(15)18-12)20(8-16-11)10-5-3-2-4-6-10/h2-6,8-9,12,17,21H,7H2,1H3,(H,18,19)/t9?,12-/m0/s1. The van der Waals surface area contributed by atoms with Crippen molar-refractivity contribution in [3.63, 3.8) is 0 Å². The minimum atomic E-state index is -0.374. The molecule has 0 spiro atoms. The van der Waals surface area contributed by atoms with E-state index in [1.807, 2.05) is 41.8 Å². The number of aliphatic hydroxyl groups excluding tert-OH is 1. The maximum Gasteiger partial charge on any atom is 0.198 e. The highest BCUT2D eigenvalue weighted by atomic mass is 35.5. The fraction of sp³-hybridized carbons (Fsp3) is 0.286. The Morgan fingerprint density at radius 2 is 2.19 bits per heavy atom. The van der Waals surface area contributed by atoms with Crippen molar-refractivity contribution in [3.8, 4) is 5.69 Å². The van der Waals surface area contributed by atoms with Crippen LogP contribution in [0.3, 0.4) is 0 Å². The van der Waals surface area contributed by atoms with Gasteiger partial charge in [-0.15, -0.1) is 0 Å². The zero-order chi connectivity index (χ0) is 14.8. The van der Waals surface area contributed by atoms with Crippen LogP contribution >= 0.6 is 11.6 Å². The quantitative estimate of drug-likeness (QED) is 0.754. The summed E-state index contributed by atoms with van der Waals surface area (Å²) in [5, 5.41) is 15.7. The van der Waals surface area contributed by atoms with Crippen molar-refractivity contribution in [2.24, 2.45) is 4.99 Å². The number of hydrogen-bond acceptors (Lipinski definition) is 5. The minimum Gasteiger partial charge on any atom is -0.395 e. The van der Waals surface area contributed by atoms with Gasteiger partial charge in [0.25, 0.3) is 0 Å². The third kappa shape index (κ3) is 2.78. The van der Waals surface area contributed by atoms with Gasteiger partial charge in [-0.05, 0) is 30.7 Å². The van der Waals surface area contributed by atoms with Gasteiger partial charge in [-0.25, -0.2) is 9.98 Å². The van der Waals surface area contributed by atoms with Gasteiger partial charge in [0.05, 0.1) is 6.61 Å². The normalized spacial score (nSPS) is 18.6. The lowest BCUT2D eigenvalue weighted by atomic mass is 10.2. The summed E-state index contributed by atoms with van der Waals surface area (Å²) in [5.41, 5.74) is 1.74. The van der Waals surface area contributed by atoms with E-state index < -0.39 is 0 Å². The second kappa shape index (κ2) is 5.85. The Labute approximate surface area is 127 Å². The molecule has 110 valence electrons. The summed E-state index contributed by atoms with van der Waals surface area (Å²) in [4.78, 5) is 8.72. The molecule has 1 aliphatic rings. The van der Waals surface area contributed by atoms with Gasteiger partial charge in [0.1, 0.15) is 24.0 Å². The molecule has 7 heteroatoms. The molecule has 0 bridgehead atoms. The van der Waals surface area contributed by atoms with Gasteiger partial charge in [-0.2, -0.15) is 0 Å². The average molecular weight is 306 g/mol. The van der Waals surface area contributed by atoms with Gasteiger partial charge in [0, 0.05) is 11.7 Å². The predicted octanol–water partition coefficient (Wildman–Crippen LogP) is 1.86. The smallest absolute Gasteiger partial charge is 0.198 e. The Morgan fingerprint density at radius 3 is 2.90 bits per heavy atom. The van der Waals surface area contributed by atoms with Crippen LogP contribution in [0, 0.1) is 0 Å². The Morgan fingerprint density at radius 1 is 1.43 bits per heavy atom. The third-order valence-electron chi connectivity index (χ3n) is 3.27. The number of aromatic nitrogens is 2. The Hall–Kier alpha value is -1.89. The molecule has 2 atom stereocenters. The van der Waals surface area contributed by atoms with E-state index in [9.17, 15) is 5.11 Å². The number of imidazole rings is 1. The molecule has 3 rings (SSSR count). The highest BCUT2D eigenvalue weighted by molar-refractivity contribution is 6.67. The van der Waals surface area contributed by atoms with Gasteiger partial charge < -0.3 is 10.4 Å². The van der Waals surface area contributed by atoms with E-state index >= 15 is 0 Å². The van der Waals surface area contributed by atoms with E-state index in [0.29, 0.717) is 5.29 Å². The second-order valence-electron chi connectivity index (χ2n) is 4.88. The molecule has 6 nitrogen and oxygen atoms in total. The van der Waals surface area contributed by atoms with E-state index in [0.717, 1.165) is 17.2 Å². The monoisotopic (exact) mass is 305 g/mol. The molecule has 0 amide bonds. The van der Waals surface area contributed by atoms with Gasteiger partial charge in [0.15, 0.2) is 5.29 Å². The summed E-state index contributed by atoms with van der Waals surface area (Å²) in [6, 6.07) is 9.76. The molecule has 2 heterocycles. The van der Waals surface area contributed by atoms with Crippen molar-refractivity contribution in [1.82, 2.24) is 14.9 Å². The zero-order valence-corrected chi connectivity index (χ0v) is 12.2. The lowest BCUT2D eigenvalue weighted by molar-refractivity contribution is 0.241. The van der Waals surface area contributed by atoms with Crippen molar-refractivity contribution in [2.45, 2.75) is 19.1 Å². The minimum absolute atomic E-state index is 0.0196. The first-order valence-corrected chi connectivity index (χ1v) is 7.06. The predicted molar refractivity (Wildman–Crippen MR) is 82.9 cm³/mol. The summed E-state index contributed by atoms with van der Waals surface area (Å²) in [7, 11) is 0.